The van der Waals surface area contributed by atoms with Crippen LogP contribution >= 0.6 is 11.6 Å². The van der Waals surface area contributed by atoms with Gasteiger partial charge in [-0.15, -0.1) is 0 Å². The van der Waals surface area contributed by atoms with Gasteiger partial charge in [-0.3, -0.25) is 0 Å². The smallest absolute Gasteiger partial charge is 0.243 e. The minimum Gasteiger partial charge on any atom is -0.468 e. The molecule has 1 aromatic carbocycles. The highest BCUT2D eigenvalue weighted by Gasteiger charge is 2.27. The second-order valence-corrected chi connectivity index (χ2v) is 6.97. The van der Waals surface area contributed by atoms with Crippen LogP contribution in [0.4, 0.5) is 5.69 Å². The Bertz CT molecular complexity index is 727. The number of sulfonamides is 1. The number of hydrogen-bond donors (Lipinski definition) is 1. The number of rotatable bonds is 5. The van der Waals surface area contributed by atoms with Gasteiger partial charge in [0.25, 0.3) is 0 Å². The van der Waals surface area contributed by atoms with Gasteiger partial charge in [0.1, 0.15) is 5.76 Å². The predicted molar refractivity (Wildman–Crippen MR) is 82.6 cm³/mol. The molecule has 2 rings (SSSR count). The molecule has 0 atom stereocenters. The third-order valence-electron chi connectivity index (χ3n) is 3.25. The van der Waals surface area contributed by atoms with Gasteiger partial charge in [-0.05, 0) is 36.8 Å². The van der Waals surface area contributed by atoms with Gasteiger partial charge >= 0.3 is 0 Å². The van der Waals surface area contributed by atoms with E-state index in [0.717, 1.165) is 0 Å². The Hall–Kier alpha value is -1.50. The zero-order chi connectivity index (χ0) is 15.6. The standard InChI is InChI=1S/C14H17ClN2O3S/c1-3-17(9-12-5-4-6-20-12)21(18,19)14-8-11(15)7-13(16)10(14)2/h4-8H,3,9,16H2,1-2H3. The zero-order valence-electron chi connectivity index (χ0n) is 11.8. The van der Waals surface area contributed by atoms with Crippen molar-refractivity contribution in [3.63, 3.8) is 0 Å². The summed E-state index contributed by atoms with van der Waals surface area (Å²) in [5, 5.41) is 0.297. The van der Waals surface area contributed by atoms with Crippen molar-refractivity contribution in [2.75, 3.05) is 12.3 Å². The highest BCUT2D eigenvalue weighted by atomic mass is 35.5. The lowest BCUT2D eigenvalue weighted by atomic mass is 10.2. The lowest BCUT2D eigenvalue weighted by Crippen LogP contribution is -2.31. The van der Waals surface area contributed by atoms with Crippen molar-refractivity contribution in [2.24, 2.45) is 0 Å². The van der Waals surface area contributed by atoms with Crippen LogP contribution in [0.5, 0.6) is 0 Å². The van der Waals surface area contributed by atoms with Crippen molar-refractivity contribution in [1.29, 1.82) is 0 Å². The summed E-state index contributed by atoms with van der Waals surface area (Å²) in [6.07, 6.45) is 1.51. The molecule has 114 valence electrons. The fraction of sp³-hybridized carbons (Fsp3) is 0.286. The van der Waals surface area contributed by atoms with E-state index in [1.165, 1.54) is 16.6 Å². The summed E-state index contributed by atoms with van der Waals surface area (Å²) in [7, 11) is -3.69. The van der Waals surface area contributed by atoms with Crippen molar-refractivity contribution in [3.8, 4) is 0 Å². The first-order chi connectivity index (χ1) is 9.86. The maximum atomic E-state index is 12.8. The molecule has 1 aromatic heterocycles. The van der Waals surface area contributed by atoms with Crippen LogP contribution in [-0.4, -0.2) is 19.3 Å². The molecule has 0 aliphatic rings. The lowest BCUT2D eigenvalue weighted by molar-refractivity contribution is 0.375. The van der Waals surface area contributed by atoms with E-state index >= 15 is 0 Å². The van der Waals surface area contributed by atoms with Crippen LogP contribution in [0.2, 0.25) is 5.02 Å². The van der Waals surface area contributed by atoms with Crippen LogP contribution in [0.3, 0.4) is 0 Å². The minimum absolute atomic E-state index is 0.126. The van der Waals surface area contributed by atoms with Crippen LogP contribution < -0.4 is 5.73 Å². The largest absolute Gasteiger partial charge is 0.468 e. The number of anilines is 1. The van der Waals surface area contributed by atoms with Gasteiger partial charge in [0.2, 0.25) is 10.0 Å². The molecule has 0 bridgehead atoms. The van der Waals surface area contributed by atoms with Crippen LogP contribution in [0.15, 0.2) is 39.8 Å². The summed E-state index contributed by atoms with van der Waals surface area (Å²) in [6.45, 7) is 3.91. The molecule has 2 N–H and O–H groups in total. The van der Waals surface area contributed by atoms with E-state index in [4.69, 9.17) is 21.8 Å². The number of nitrogens with two attached hydrogens (primary N) is 1. The fourth-order valence-electron chi connectivity index (χ4n) is 2.02. The van der Waals surface area contributed by atoms with Crippen LogP contribution in [-0.2, 0) is 16.6 Å². The topological polar surface area (TPSA) is 76.5 Å². The minimum atomic E-state index is -3.69. The molecule has 0 aliphatic carbocycles. The van der Waals surface area contributed by atoms with Gasteiger partial charge in [0, 0.05) is 17.3 Å². The highest BCUT2D eigenvalue weighted by Crippen LogP contribution is 2.29. The van der Waals surface area contributed by atoms with Gasteiger partial charge in [-0.25, -0.2) is 8.42 Å². The number of nitrogens with zero attached hydrogens (tertiary/aromatic N) is 1. The Kier molecular flexibility index (Phi) is 4.61. The van der Waals surface area contributed by atoms with Gasteiger partial charge in [0.15, 0.2) is 0 Å². The third kappa shape index (κ3) is 3.23. The number of benzene rings is 1. The van der Waals surface area contributed by atoms with Crippen molar-refractivity contribution >= 4 is 27.3 Å². The molecule has 0 unspecified atom stereocenters. The predicted octanol–water partition coefficient (Wildman–Crippen LogP) is 3.03. The van der Waals surface area contributed by atoms with Gasteiger partial charge < -0.3 is 10.2 Å². The van der Waals surface area contributed by atoms with Gasteiger partial charge in [0.05, 0.1) is 17.7 Å². The van der Waals surface area contributed by atoms with Crippen molar-refractivity contribution in [2.45, 2.75) is 25.3 Å². The Morgan fingerprint density at radius 3 is 2.67 bits per heavy atom. The van der Waals surface area contributed by atoms with Gasteiger partial charge in [-0.2, -0.15) is 4.31 Å². The SMILES string of the molecule is CCN(Cc1ccco1)S(=O)(=O)c1cc(Cl)cc(N)c1C. The first kappa shape index (κ1) is 15.9. The summed E-state index contributed by atoms with van der Waals surface area (Å²) >= 11 is 5.94. The Morgan fingerprint density at radius 1 is 1.38 bits per heavy atom. The van der Waals surface area contributed by atoms with E-state index in [1.54, 1.807) is 32.0 Å². The average molecular weight is 329 g/mol. The Balaban J connectivity index is 2.44. The van der Waals surface area contributed by atoms with Crippen molar-refractivity contribution in [1.82, 2.24) is 4.31 Å². The second kappa shape index (κ2) is 6.09. The molecule has 0 amide bonds. The van der Waals surface area contributed by atoms with E-state index in [0.29, 0.717) is 28.6 Å². The fourth-order valence-corrected chi connectivity index (χ4v) is 4.01. The number of furan rings is 1. The molecule has 7 heteroatoms. The maximum absolute atomic E-state index is 12.8. The Labute approximate surface area is 129 Å². The van der Waals surface area contributed by atoms with E-state index in [-0.39, 0.29) is 11.4 Å². The number of hydrogen-bond acceptors (Lipinski definition) is 4. The number of nitrogen functional groups attached to an aromatic ring is 1. The first-order valence-electron chi connectivity index (χ1n) is 6.44. The quantitative estimate of drug-likeness (QED) is 0.856. The van der Waals surface area contributed by atoms with E-state index < -0.39 is 10.0 Å². The van der Waals surface area contributed by atoms with Crippen molar-refractivity contribution in [3.05, 3.63) is 46.9 Å². The molecule has 5 nitrogen and oxygen atoms in total. The van der Waals surface area contributed by atoms with Crippen LogP contribution in [0.25, 0.3) is 0 Å². The van der Waals surface area contributed by atoms with Crippen LogP contribution in [0.1, 0.15) is 18.2 Å². The molecule has 0 saturated carbocycles. The molecule has 0 spiro atoms. The zero-order valence-corrected chi connectivity index (χ0v) is 13.4. The van der Waals surface area contributed by atoms with Gasteiger partial charge in [-0.1, -0.05) is 18.5 Å². The molecule has 2 aromatic rings. The molecular weight excluding hydrogens is 312 g/mol. The summed E-state index contributed by atoms with van der Waals surface area (Å²) in [5.41, 5.74) is 6.66. The maximum Gasteiger partial charge on any atom is 0.243 e. The molecule has 0 saturated heterocycles. The van der Waals surface area contributed by atoms with E-state index in [9.17, 15) is 8.42 Å². The summed E-state index contributed by atoms with van der Waals surface area (Å²) in [6, 6.07) is 6.42. The second-order valence-electron chi connectivity index (χ2n) is 4.63. The van der Waals surface area contributed by atoms with E-state index in [1.807, 2.05) is 0 Å². The normalized spacial score (nSPS) is 12.0. The van der Waals surface area contributed by atoms with Crippen molar-refractivity contribution < 1.29 is 12.8 Å². The molecule has 21 heavy (non-hydrogen) atoms. The van der Waals surface area contributed by atoms with E-state index in [2.05, 4.69) is 0 Å². The number of halogens is 1. The summed E-state index contributed by atoms with van der Waals surface area (Å²) < 4.78 is 32.1. The monoisotopic (exact) mass is 328 g/mol. The Morgan fingerprint density at radius 2 is 2.10 bits per heavy atom. The summed E-state index contributed by atoms with van der Waals surface area (Å²) in [5.74, 6) is 0.577. The molecule has 0 aliphatic heterocycles. The molecule has 0 radical (unpaired) electrons. The first-order valence-corrected chi connectivity index (χ1v) is 8.26. The molecular formula is C14H17ClN2O3S. The van der Waals surface area contributed by atoms with Crippen LogP contribution in [0, 0.1) is 6.92 Å². The summed E-state index contributed by atoms with van der Waals surface area (Å²) in [4.78, 5) is 0.126. The lowest BCUT2D eigenvalue weighted by Gasteiger charge is -2.21. The molecule has 0 fully saturated rings. The third-order valence-corrected chi connectivity index (χ3v) is 5.51. The molecule has 1 heterocycles. The highest BCUT2D eigenvalue weighted by molar-refractivity contribution is 7.89. The average Bonchev–Trinajstić information content (AvgIpc) is 2.92.